The van der Waals surface area contributed by atoms with E-state index in [1.165, 1.54) is 13.0 Å². The molecule has 0 aliphatic carbocycles. The number of hydrogen-bond donors (Lipinski definition) is 3. The van der Waals surface area contributed by atoms with Crippen LogP contribution in [0.4, 0.5) is 54.1 Å². The standard InChI is InChI=1S/C25H21F11N6O3/c1-2-10-3-4-11(15-5-12(23(28,29)30)19-20(37)38-9-39-42(15)19)18(27)17(10)21(44)40-14-8-41(7-13(14)26)16(43)6-22(45,24(31,32)33)25(34,35)36/h3-5,9,13-14,45H,2,6-8H2,1H3,(H,40,44)(H2,37,38,39). The first-order valence-corrected chi connectivity index (χ1v) is 12.7. The predicted octanol–water partition coefficient (Wildman–Crippen LogP) is 4.22. The zero-order chi connectivity index (χ0) is 33.9. The van der Waals surface area contributed by atoms with Gasteiger partial charge in [0.2, 0.25) is 5.91 Å². The van der Waals surface area contributed by atoms with Crippen LogP contribution in [-0.2, 0) is 17.4 Å². The third-order valence-electron chi connectivity index (χ3n) is 7.26. The highest BCUT2D eigenvalue weighted by Gasteiger charge is 2.71. The van der Waals surface area contributed by atoms with Crippen molar-refractivity contribution in [2.24, 2.45) is 0 Å². The number of anilines is 1. The number of nitrogens with two attached hydrogens (primary N) is 1. The fraction of sp³-hybridized carbons (Fsp3) is 0.440. The number of fused-ring (bicyclic) bond motifs is 1. The topological polar surface area (TPSA) is 126 Å². The summed E-state index contributed by atoms with van der Waals surface area (Å²) in [6.07, 6.45) is -21.6. The summed E-state index contributed by atoms with van der Waals surface area (Å²) < 4.78 is 151. The van der Waals surface area contributed by atoms with Crippen molar-refractivity contribution in [2.45, 2.75) is 56.1 Å². The van der Waals surface area contributed by atoms with Crippen LogP contribution in [0, 0.1) is 5.82 Å². The van der Waals surface area contributed by atoms with Crippen LogP contribution in [0.5, 0.6) is 0 Å². The Morgan fingerprint density at radius 3 is 2.24 bits per heavy atom. The highest BCUT2D eigenvalue weighted by atomic mass is 19.4. The maximum absolute atomic E-state index is 15.9. The predicted molar refractivity (Wildman–Crippen MR) is 132 cm³/mol. The van der Waals surface area contributed by atoms with E-state index in [1.54, 1.807) is 0 Å². The number of carbonyl (C=O) groups excluding carboxylic acids is 2. The van der Waals surface area contributed by atoms with E-state index in [0.29, 0.717) is 10.6 Å². The van der Waals surface area contributed by atoms with Gasteiger partial charge in [0.15, 0.2) is 5.82 Å². The second-order valence-corrected chi connectivity index (χ2v) is 10.1. The minimum absolute atomic E-state index is 0.0125. The summed E-state index contributed by atoms with van der Waals surface area (Å²) in [6.45, 7) is -0.547. The Labute approximate surface area is 244 Å². The fourth-order valence-electron chi connectivity index (χ4n) is 4.87. The van der Waals surface area contributed by atoms with E-state index in [2.05, 4.69) is 10.1 Å². The number of likely N-dealkylation sites (tertiary alicyclic amines) is 1. The van der Waals surface area contributed by atoms with Crippen molar-refractivity contribution in [3.63, 3.8) is 0 Å². The molecule has 1 aliphatic rings. The number of aliphatic hydroxyl groups is 1. The highest BCUT2D eigenvalue weighted by Crippen LogP contribution is 2.46. The molecule has 4 rings (SSSR count). The van der Waals surface area contributed by atoms with Gasteiger partial charge in [-0.05, 0) is 24.1 Å². The lowest BCUT2D eigenvalue weighted by molar-refractivity contribution is -0.367. The third-order valence-corrected chi connectivity index (χ3v) is 7.26. The lowest BCUT2D eigenvalue weighted by atomic mass is 9.97. The summed E-state index contributed by atoms with van der Waals surface area (Å²) in [7, 11) is 0. The van der Waals surface area contributed by atoms with Crippen LogP contribution in [0.15, 0.2) is 24.5 Å². The molecule has 2 unspecified atom stereocenters. The molecule has 20 heteroatoms. The number of hydrogen-bond acceptors (Lipinski definition) is 6. The third kappa shape index (κ3) is 5.94. The number of benzene rings is 1. The van der Waals surface area contributed by atoms with E-state index in [9.17, 15) is 58.6 Å². The number of rotatable bonds is 6. The average Bonchev–Trinajstić information content (AvgIpc) is 3.48. The largest absolute Gasteiger partial charge is 0.426 e. The molecule has 1 fully saturated rings. The van der Waals surface area contributed by atoms with Crippen LogP contribution < -0.4 is 11.1 Å². The molecule has 0 bridgehead atoms. The minimum Gasteiger partial charge on any atom is -0.382 e. The van der Waals surface area contributed by atoms with Gasteiger partial charge in [-0.3, -0.25) is 9.59 Å². The Morgan fingerprint density at radius 1 is 1.07 bits per heavy atom. The van der Waals surface area contributed by atoms with Gasteiger partial charge in [-0.1, -0.05) is 13.0 Å². The van der Waals surface area contributed by atoms with Crippen molar-refractivity contribution in [2.75, 3.05) is 18.8 Å². The SMILES string of the molecule is CCc1ccc(-c2cc(C(F)(F)F)c3c(N)ncnn23)c(F)c1C(=O)NC1CN(C(=O)CC(O)(C(F)(F)F)C(F)(F)F)CC1F. The maximum atomic E-state index is 15.9. The monoisotopic (exact) mass is 662 g/mol. The molecule has 2 atom stereocenters. The first-order chi connectivity index (χ1) is 20.6. The average molecular weight is 662 g/mol. The summed E-state index contributed by atoms with van der Waals surface area (Å²) in [5, 5.41) is 15.0. The molecule has 1 aliphatic heterocycles. The van der Waals surface area contributed by atoms with Gasteiger partial charge in [0.1, 0.15) is 23.8 Å². The van der Waals surface area contributed by atoms with Gasteiger partial charge in [-0.25, -0.2) is 18.3 Å². The Bertz CT molecular complexity index is 1620. The lowest BCUT2D eigenvalue weighted by Crippen LogP contribution is -2.59. The van der Waals surface area contributed by atoms with Crippen LogP contribution in [0.1, 0.15) is 34.8 Å². The van der Waals surface area contributed by atoms with E-state index in [1.807, 2.05) is 5.32 Å². The molecule has 3 aromatic rings. The molecule has 1 saturated heterocycles. The molecular weight excluding hydrogens is 641 g/mol. The van der Waals surface area contributed by atoms with Gasteiger partial charge in [0.25, 0.3) is 11.5 Å². The van der Waals surface area contributed by atoms with Crippen LogP contribution in [0.25, 0.3) is 16.8 Å². The second-order valence-electron chi connectivity index (χ2n) is 10.1. The van der Waals surface area contributed by atoms with Crippen molar-refractivity contribution in [1.29, 1.82) is 0 Å². The number of alkyl halides is 10. The summed E-state index contributed by atoms with van der Waals surface area (Å²) in [4.78, 5) is 29.2. The fourth-order valence-corrected chi connectivity index (χ4v) is 4.87. The molecule has 1 aromatic carbocycles. The summed E-state index contributed by atoms with van der Waals surface area (Å²) in [5.74, 6) is -5.25. The molecule has 9 nitrogen and oxygen atoms in total. The normalized spacial score (nSPS) is 18.1. The molecule has 2 aromatic heterocycles. The molecule has 0 spiro atoms. The Balaban J connectivity index is 1.64. The van der Waals surface area contributed by atoms with Crippen molar-refractivity contribution < 1.29 is 63.0 Å². The molecule has 0 saturated carbocycles. The van der Waals surface area contributed by atoms with Gasteiger partial charge < -0.3 is 21.1 Å². The van der Waals surface area contributed by atoms with E-state index in [0.717, 1.165) is 12.4 Å². The van der Waals surface area contributed by atoms with Crippen LogP contribution in [0.3, 0.4) is 0 Å². The highest BCUT2D eigenvalue weighted by molar-refractivity contribution is 5.98. The maximum Gasteiger partial charge on any atom is 0.426 e. The van der Waals surface area contributed by atoms with Gasteiger partial charge >= 0.3 is 18.5 Å². The van der Waals surface area contributed by atoms with Gasteiger partial charge in [-0.2, -0.15) is 44.6 Å². The number of aryl methyl sites for hydroxylation is 1. The molecule has 4 N–H and O–H groups in total. The molecular formula is C25H21F11N6O3. The van der Waals surface area contributed by atoms with E-state index in [4.69, 9.17) is 5.73 Å². The smallest absolute Gasteiger partial charge is 0.382 e. The van der Waals surface area contributed by atoms with Crippen molar-refractivity contribution >= 4 is 23.1 Å². The molecule has 246 valence electrons. The number of amides is 2. The zero-order valence-electron chi connectivity index (χ0n) is 22.6. The second kappa shape index (κ2) is 11.3. The summed E-state index contributed by atoms with van der Waals surface area (Å²) in [5.41, 5.74) is -3.70. The van der Waals surface area contributed by atoms with Crippen molar-refractivity contribution in [1.82, 2.24) is 24.8 Å². The summed E-state index contributed by atoms with van der Waals surface area (Å²) in [6, 6.07) is 1.02. The van der Waals surface area contributed by atoms with E-state index < -0.39 is 107 Å². The number of halogens is 11. The number of aromatic nitrogens is 3. The van der Waals surface area contributed by atoms with Crippen LogP contribution in [0.2, 0.25) is 0 Å². The number of nitrogens with zero attached hydrogens (tertiary/aromatic N) is 4. The van der Waals surface area contributed by atoms with Gasteiger partial charge in [0, 0.05) is 12.1 Å². The number of carbonyl (C=O) groups is 2. The lowest BCUT2D eigenvalue weighted by Gasteiger charge is -2.32. The zero-order valence-corrected chi connectivity index (χ0v) is 22.6. The van der Waals surface area contributed by atoms with Gasteiger partial charge in [0.05, 0.1) is 35.8 Å². The molecule has 3 heterocycles. The Hall–Kier alpha value is -4.23. The van der Waals surface area contributed by atoms with E-state index >= 15 is 4.39 Å². The van der Waals surface area contributed by atoms with Gasteiger partial charge in [-0.15, -0.1) is 0 Å². The summed E-state index contributed by atoms with van der Waals surface area (Å²) >= 11 is 0. The van der Waals surface area contributed by atoms with Crippen molar-refractivity contribution in [3.05, 3.63) is 47.0 Å². The molecule has 2 amide bonds. The first kappa shape index (κ1) is 33.7. The Kier molecular flexibility index (Phi) is 8.44. The molecule has 0 radical (unpaired) electrons. The quantitative estimate of drug-likeness (QED) is 0.340. The molecule has 45 heavy (non-hydrogen) atoms. The number of nitrogens with one attached hydrogen (secondary N) is 1. The van der Waals surface area contributed by atoms with Crippen LogP contribution in [-0.4, -0.2) is 79.7 Å². The van der Waals surface area contributed by atoms with Crippen LogP contribution >= 0.6 is 0 Å². The van der Waals surface area contributed by atoms with Crippen molar-refractivity contribution in [3.8, 4) is 11.3 Å². The van der Waals surface area contributed by atoms with E-state index in [-0.39, 0.29) is 16.9 Å². The minimum atomic E-state index is -6.31. The number of nitrogen functional groups attached to an aromatic ring is 1. The Morgan fingerprint density at radius 2 is 1.69 bits per heavy atom. The first-order valence-electron chi connectivity index (χ1n) is 12.7.